The molecule has 0 aliphatic heterocycles. The minimum absolute atomic E-state index is 1.44. The van der Waals surface area contributed by atoms with Gasteiger partial charge in [0.25, 0.3) is 0 Å². The second kappa shape index (κ2) is 3.59. The molecule has 0 bridgehead atoms. The maximum atomic E-state index is 10.4. The quantitative estimate of drug-likeness (QED) is 0.345. The zero-order valence-electron chi connectivity index (χ0n) is 4.50. The van der Waals surface area contributed by atoms with Crippen LogP contribution >= 0.6 is 12.1 Å². The molecule has 0 aromatic heterocycles. The molecule has 10 heavy (non-hydrogen) atoms. The third kappa shape index (κ3) is 8.98. The van der Waals surface area contributed by atoms with Gasteiger partial charge in [-0.1, -0.05) is 0 Å². The molecule has 0 radical (unpaired) electrons. The zero-order valence-corrected chi connectivity index (χ0v) is 10.0. The summed E-state index contributed by atoms with van der Waals surface area (Å²) in [7, 11) is 0. The summed E-state index contributed by atoms with van der Waals surface area (Å²) in [6.07, 6.45) is 0. The second-order valence-corrected chi connectivity index (χ2v) is 10.8. The van der Waals surface area contributed by atoms with Crippen molar-refractivity contribution >= 4 is 43.3 Å². The third-order valence-corrected chi connectivity index (χ3v) is 2.58. The van der Waals surface area contributed by atoms with Crippen molar-refractivity contribution in [1.29, 1.82) is 0 Å². The van der Waals surface area contributed by atoms with Crippen molar-refractivity contribution in [2.24, 2.45) is 0 Å². The average Bonchev–Trinajstić information content (AvgIpc) is 1.57. The van der Waals surface area contributed by atoms with E-state index >= 15 is 0 Å². The molecule has 8 heteroatoms. The maximum absolute atomic E-state index is 10.4. The Labute approximate surface area is 73.5 Å². The van der Waals surface area contributed by atoms with Crippen LogP contribution in [0.1, 0.15) is 0 Å². The van der Waals surface area contributed by atoms with Gasteiger partial charge in [-0.15, -0.1) is 0 Å². The molecule has 0 rings (SSSR count). The summed E-state index contributed by atoms with van der Waals surface area (Å²) in [6, 6.07) is -7.06. The molecule has 0 spiro atoms. The van der Waals surface area contributed by atoms with Gasteiger partial charge in [-0.05, 0) is 0 Å². The summed E-state index contributed by atoms with van der Waals surface area (Å²) in [5, 5.41) is 0. The Hall–Kier alpha value is 0.979. The Balaban J connectivity index is 4.51. The van der Waals surface area contributed by atoms with Crippen LogP contribution in [0.2, 0.25) is 0 Å². The third-order valence-electron chi connectivity index (χ3n) is 0.341. The number of rotatable bonds is 0. The van der Waals surface area contributed by atoms with Crippen molar-refractivity contribution < 1.29 is 18.9 Å². The van der Waals surface area contributed by atoms with E-state index in [0.29, 0.717) is 0 Å². The van der Waals surface area contributed by atoms with Crippen LogP contribution in [-0.2, 0) is 9.13 Å². The van der Waals surface area contributed by atoms with Gasteiger partial charge in [0.05, 0.1) is 0 Å². The Morgan fingerprint density at radius 2 is 1.20 bits per heavy atom. The van der Waals surface area contributed by atoms with Crippen LogP contribution in [-0.4, -0.2) is 40.9 Å². The van der Waals surface area contributed by atoms with E-state index in [1.54, 1.807) is 11.3 Å². The molecule has 0 aromatic carbocycles. The first-order valence-corrected chi connectivity index (χ1v) is 10.1. The van der Waals surface area contributed by atoms with Crippen molar-refractivity contribution in [3.63, 3.8) is 0 Å². The first-order chi connectivity index (χ1) is 4.21. The Morgan fingerprint density at radius 1 is 1.00 bits per heavy atom. The molecule has 0 fully saturated rings. The minimum atomic E-state index is -3.53. The Morgan fingerprint density at radius 3 is 1.30 bits per heavy atom. The molecule has 0 saturated heterocycles. The summed E-state index contributed by atoms with van der Waals surface area (Å²) in [5.74, 6) is 0. The summed E-state index contributed by atoms with van der Waals surface area (Å²) in [4.78, 5) is 17.0. The van der Waals surface area contributed by atoms with Crippen molar-refractivity contribution in [2.75, 3.05) is 0 Å². The zero-order chi connectivity index (χ0) is 8.41. The molecule has 4 nitrogen and oxygen atoms in total. The van der Waals surface area contributed by atoms with Crippen molar-refractivity contribution in [3.05, 3.63) is 0 Å². The van der Waals surface area contributed by atoms with E-state index in [1.807, 2.05) is 0 Å². The van der Waals surface area contributed by atoms with Crippen LogP contribution in [0.25, 0.3) is 0 Å². The summed E-state index contributed by atoms with van der Waals surface area (Å²) in [5.41, 5.74) is 3.53. The monoisotopic (exact) mass is 314 g/mol. The van der Waals surface area contributed by atoms with Gasteiger partial charge >= 0.3 is 73.5 Å². The molecule has 0 aromatic rings. The van der Waals surface area contributed by atoms with E-state index in [9.17, 15) is 9.13 Å². The van der Waals surface area contributed by atoms with Gasteiger partial charge in [0.2, 0.25) is 0 Å². The van der Waals surface area contributed by atoms with Gasteiger partial charge in [-0.3, -0.25) is 0 Å². The molecule has 0 aliphatic rings. The first kappa shape index (κ1) is 11.0. The Kier molecular flexibility index (Phi) is 3.94. The van der Waals surface area contributed by atoms with Gasteiger partial charge in [0.1, 0.15) is 0 Å². The SMILES string of the molecule is O=P(O)([SeH])C#CP(=O)(O)[SeH]. The Bertz CT molecular complexity index is 237. The molecule has 2 N–H and O–H groups in total. The summed E-state index contributed by atoms with van der Waals surface area (Å²) < 4.78 is 20.8. The number of hydrogen-bond donors (Lipinski definition) is 2. The standard InChI is InChI=1S/C2H4O4P2Se2/c3-7(4,9)1-2-8(5,6)10/h(H2,3,4,9)(H2,5,6,10). The topological polar surface area (TPSA) is 74.6 Å². The fourth-order valence-electron chi connectivity index (χ4n) is 0.130. The molecule has 2 unspecified atom stereocenters. The fourth-order valence-corrected chi connectivity index (χ4v) is 2.86. The van der Waals surface area contributed by atoms with Crippen LogP contribution in [0.3, 0.4) is 0 Å². The van der Waals surface area contributed by atoms with E-state index in [4.69, 9.17) is 9.79 Å². The second-order valence-electron chi connectivity index (χ2n) is 1.31. The van der Waals surface area contributed by atoms with Crippen molar-refractivity contribution in [3.8, 4) is 11.3 Å². The molecular formula is C2H4O4P2Se2. The van der Waals surface area contributed by atoms with Crippen molar-refractivity contribution in [1.82, 2.24) is 0 Å². The van der Waals surface area contributed by atoms with Gasteiger partial charge in [0.15, 0.2) is 0 Å². The normalized spacial score (nSPS) is 21.6. The van der Waals surface area contributed by atoms with E-state index in [-0.39, 0.29) is 0 Å². The molecule has 58 valence electrons. The van der Waals surface area contributed by atoms with Gasteiger partial charge in [-0.25, -0.2) is 0 Å². The van der Waals surface area contributed by atoms with Crippen LogP contribution < -0.4 is 0 Å². The van der Waals surface area contributed by atoms with Crippen LogP contribution in [0.5, 0.6) is 0 Å². The molecular weight excluding hydrogens is 308 g/mol. The first-order valence-electron chi connectivity index (χ1n) is 1.86. The predicted molar refractivity (Wildman–Crippen MR) is 41.7 cm³/mol. The van der Waals surface area contributed by atoms with Gasteiger partial charge in [0, 0.05) is 0 Å². The number of hydrogen-bond acceptors (Lipinski definition) is 2. The van der Waals surface area contributed by atoms with Gasteiger partial charge < -0.3 is 0 Å². The molecule has 0 amide bonds. The van der Waals surface area contributed by atoms with E-state index in [0.717, 1.165) is 0 Å². The van der Waals surface area contributed by atoms with Crippen LogP contribution in [0.4, 0.5) is 0 Å². The van der Waals surface area contributed by atoms with Gasteiger partial charge in [-0.2, -0.15) is 0 Å². The fraction of sp³-hybridized carbons (Fsp3) is 0. The predicted octanol–water partition coefficient (Wildman–Crippen LogP) is -0.923. The molecule has 0 heterocycles. The summed E-state index contributed by atoms with van der Waals surface area (Å²) in [6.45, 7) is 0. The van der Waals surface area contributed by atoms with E-state index in [1.165, 1.54) is 31.1 Å². The summed E-state index contributed by atoms with van der Waals surface area (Å²) >= 11 is 2.89. The molecule has 2 atom stereocenters. The van der Waals surface area contributed by atoms with Crippen LogP contribution in [0, 0.1) is 11.3 Å². The van der Waals surface area contributed by atoms with E-state index < -0.39 is 12.1 Å². The van der Waals surface area contributed by atoms with Crippen molar-refractivity contribution in [2.45, 2.75) is 0 Å². The molecule has 0 saturated carbocycles. The van der Waals surface area contributed by atoms with E-state index in [2.05, 4.69) is 0 Å². The molecule has 0 aliphatic carbocycles. The average molecular weight is 312 g/mol. The van der Waals surface area contributed by atoms with Crippen LogP contribution in [0.15, 0.2) is 0 Å².